The van der Waals surface area contributed by atoms with E-state index in [4.69, 9.17) is 11.5 Å². The molecule has 0 aliphatic rings. The largest absolute Gasteiger partial charge is 0.670 e. The van der Waals surface area contributed by atoms with Crippen LogP contribution in [0.1, 0.15) is 38.7 Å². The number of carbonyl (C=O) groups is 4. The van der Waals surface area contributed by atoms with E-state index in [0.29, 0.717) is 38.8 Å². The standard InChI is InChI=1S/C9H11NO2.C8H15N4O3.C3H8.W/c1-10-9-4-2-8(3-5-9)6-12-7-11;9-4-7(14)12-6(5-13)2-1-3-11-8(10)15;1-3-2;/h2-5,7,10H,6H2,1H3;5-6,9H,1-4H2,(H,12,14)(H3,10,11,15);3H2,1-2H3;/q;-1;;. The van der Waals surface area contributed by atoms with Crippen molar-refractivity contribution in [2.45, 2.75) is 45.8 Å². The van der Waals surface area contributed by atoms with Crippen molar-refractivity contribution in [3.63, 3.8) is 0 Å². The van der Waals surface area contributed by atoms with Gasteiger partial charge in [0.1, 0.15) is 12.9 Å². The number of aldehydes is 1. The number of hydrogen-bond acceptors (Lipinski definition) is 6. The molecule has 0 bridgehead atoms. The molecule has 0 aliphatic carbocycles. The molecule has 31 heavy (non-hydrogen) atoms. The number of urea groups is 1. The zero-order valence-corrected chi connectivity index (χ0v) is 21.2. The molecule has 0 aliphatic heterocycles. The minimum absolute atomic E-state index is 0. The van der Waals surface area contributed by atoms with Gasteiger partial charge in [-0.25, -0.2) is 4.79 Å². The van der Waals surface area contributed by atoms with Gasteiger partial charge in [0.25, 0.3) is 6.47 Å². The SMILES string of the molecule is CCC.CNc1ccc(COC=O)cc1.[NH-]CC(=O)NC(C=O)CCCNC(N)=O.[W]. The Morgan fingerprint density at radius 3 is 2.19 bits per heavy atom. The number of hydrogen-bond donors (Lipinski definition) is 4. The zero-order chi connectivity index (χ0) is 23.2. The average molecular weight is 608 g/mol. The van der Waals surface area contributed by atoms with Gasteiger partial charge in [0.05, 0.1) is 6.04 Å². The molecule has 0 saturated heterocycles. The molecule has 0 fully saturated rings. The molecule has 1 atom stereocenters. The third-order valence-corrected chi connectivity index (χ3v) is 3.22. The van der Waals surface area contributed by atoms with Gasteiger partial charge in [-0.3, -0.25) is 9.59 Å². The molecule has 1 rings (SSSR count). The molecule has 10 nitrogen and oxygen atoms in total. The van der Waals surface area contributed by atoms with Crippen LogP contribution in [0.15, 0.2) is 24.3 Å². The third-order valence-electron chi connectivity index (χ3n) is 3.22. The maximum atomic E-state index is 10.8. The van der Waals surface area contributed by atoms with Gasteiger partial charge in [0.2, 0.25) is 0 Å². The Labute approximate surface area is 198 Å². The van der Waals surface area contributed by atoms with E-state index >= 15 is 0 Å². The third kappa shape index (κ3) is 22.1. The average Bonchev–Trinajstić information content (AvgIpc) is 2.75. The number of ether oxygens (including phenoxy) is 1. The van der Waals surface area contributed by atoms with Crippen LogP contribution >= 0.6 is 0 Å². The van der Waals surface area contributed by atoms with Gasteiger partial charge in [-0.2, -0.15) is 0 Å². The van der Waals surface area contributed by atoms with Crippen LogP contribution in [0.2, 0.25) is 0 Å². The molecule has 6 N–H and O–H groups in total. The first-order valence-electron chi connectivity index (χ1n) is 9.62. The molecule has 176 valence electrons. The number of anilines is 1. The normalized spacial score (nSPS) is 9.68. The molecule has 1 aromatic carbocycles. The van der Waals surface area contributed by atoms with Gasteiger partial charge in [-0.15, -0.1) is 0 Å². The summed E-state index contributed by atoms with van der Waals surface area (Å²) < 4.78 is 4.59. The molecule has 1 aromatic rings. The fraction of sp³-hybridized carbons (Fsp3) is 0.500. The number of carbonyl (C=O) groups excluding carboxylic acids is 4. The minimum Gasteiger partial charge on any atom is -0.670 e. The van der Waals surface area contributed by atoms with Crippen molar-refractivity contribution >= 4 is 30.4 Å². The number of nitrogens with one attached hydrogen (secondary N) is 4. The van der Waals surface area contributed by atoms with E-state index in [2.05, 4.69) is 34.5 Å². The summed E-state index contributed by atoms with van der Waals surface area (Å²) in [5, 5.41) is 7.73. The molecule has 0 aromatic heterocycles. The Kier molecular flexibility index (Phi) is 25.5. The van der Waals surface area contributed by atoms with Crippen molar-refractivity contribution in [1.82, 2.24) is 10.6 Å². The summed E-state index contributed by atoms with van der Waals surface area (Å²) in [6.07, 6.45) is 2.80. The van der Waals surface area contributed by atoms with Crippen LogP contribution in [0.25, 0.3) is 5.73 Å². The molecular weight excluding hydrogens is 574 g/mol. The van der Waals surface area contributed by atoms with Crippen LogP contribution in [0, 0.1) is 0 Å². The van der Waals surface area contributed by atoms with Crippen molar-refractivity contribution in [1.29, 1.82) is 0 Å². The zero-order valence-electron chi connectivity index (χ0n) is 18.3. The minimum atomic E-state index is -0.618. The monoisotopic (exact) mass is 608 g/mol. The number of primary amides is 1. The fourth-order valence-electron chi connectivity index (χ4n) is 1.86. The van der Waals surface area contributed by atoms with Crippen LogP contribution in [0.5, 0.6) is 0 Å². The molecule has 3 amide bonds. The van der Waals surface area contributed by atoms with E-state index < -0.39 is 24.5 Å². The van der Waals surface area contributed by atoms with Gasteiger partial charge in [0.15, 0.2) is 5.91 Å². The summed E-state index contributed by atoms with van der Waals surface area (Å²) in [6, 6.07) is 6.47. The molecule has 1 unspecified atom stereocenters. The van der Waals surface area contributed by atoms with Crippen molar-refractivity contribution in [3.05, 3.63) is 35.6 Å². The van der Waals surface area contributed by atoms with Gasteiger partial charge >= 0.3 is 6.03 Å². The molecule has 0 spiro atoms. The smallest absolute Gasteiger partial charge is 0.312 e. The van der Waals surface area contributed by atoms with Gasteiger partial charge in [0, 0.05) is 40.3 Å². The second kappa shape index (κ2) is 23.8. The molecular formula is C20H34N5O5W-. The van der Waals surface area contributed by atoms with Crippen LogP contribution in [-0.4, -0.2) is 50.9 Å². The van der Waals surface area contributed by atoms with E-state index in [1.165, 1.54) is 6.42 Å². The van der Waals surface area contributed by atoms with Crippen molar-refractivity contribution in [2.24, 2.45) is 5.73 Å². The van der Waals surface area contributed by atoms with E-state index in [1.807, 2.05) is 31.3 Å². The van der Waals surface area contributed by atoms with Crippen molar-refractivity contribution in [2.75, 3.05) is 25.5 Å². The van der Waals surface area contributed by atoms with Gasteiger partial charge < -0.3 is 36.9 Å². The molecule has 0 saturated carbocycles. The van der Waals surface area contributed by atoms with E-state index in [9.17, 15) is 19.2 Å². The molecule has 0 heterocycles. The second-order valence-electron chi connectivity index (χ2n) is 5.98. The Morgan fingerprint density at radius 1 is 1.19 bits per heavy atom. The van der Waals surface area contributed by atoms with Crippen LogP contribution < -0.4 is 21.7 Å². The summed E-state index contributed by atoms with van der Waals surface area (Å²) in [6.45, 7) is 5.00. The second-order valence-corrected chi connectivity index (χ2v) is 5.98. The van der Waals surface area contributed by atoms with Crippen molar-refractivity contribution in [3.8, 4) is 0 Å². The first-order valence-corrected chi connectivity index (χ1v) is 9.62. The van der Waals surface area contributed by atoms with Gasteiger partial charge in [-0.1, -0.05) is 38.9 Å². The Morgan fingerprint density at radius 2 is 1.77 bits per heavy atom. The number of nitrogens with two attached hydrogens (primary N) is 1. The number of amides is 3. The Hall–Kier alpha value is -2.45. The predicted molar refractivity (Wildman–Crippen MR) is 117 cm³/mol. The first kappa shape index (κ1) is 33.2. The first-order chi connectivity index (χ1) is 14.4. The summed E-state index contributed by atoms with van der Waals surface area (Å²) in [7, 11) is 1.86. The topological polar surface area (TPSA) is 163 Å². The van der Waals surface area contributed by atoms with E-state index in [-0.39, 0.29) is 21.1 Å². The quantitative estimate of drug-likeness (QED) is 0.222. The van der Waals surface area contributed by atoms with Crippen LogP contribution in [0.4, 0.5) is 10.5 Å². The number of rotatable bonds is 11. The van der Waals surface area contributed by atoms with Crippen LogP contribution in [0.3, 0.4) is 0 Å². The number of benzene rings is 1. The summed E-state index contributed by atoms with van der Waals surface area (Å²) in [4.78, 5) is 41.4. The molecule has 11 heteroatoms. The van der Waals surface area contributed by atoms with Crippen molar-refractivity contribution < 1.29 is 45.0 Å². The summed E-state index contributed by atoms with van der Waals surface area (Å²) in [5.74, 6) is -0.491. The summed E-state index contributed by atoms with van der Waals surface area (Å²) in [5.41, 5.74) is 13.6. The summed E-state index contributed by atoms with van der Waals surface area (Å²) >= 11 is 0. The van der Waals surface area contributed by atoms with E-state index in [1.54, 1.807) is 0 Å². The maximum Gasteiger partial charge on any atom is 0.312 e. The van der Waals surface area contributed by atoms with Crippen LogP contribution in [-0.2, 0) is 46.8 Å². The Bertz CT molecular complexity index is 602. The van der Waals surface area contributed by atoms with E-state index in [0.717, 1.165) is 11.3 Å². The van der Waals surface area contributed by atoms with Gasteiger partial charge in [-0.05, 0) is 30.5 Å². The maximum absolute atomic E-state index is 10.8. The molecule has 0 radical (unpaired) electrons. The predicted octanol–water partition coefficient (Wildman–Crippen LogP) is 1.99. The Balaban J connectivity index is -0.000000442. The fourth-order valence-corrected chi connectivity index (χ4v) is 1.86.